The third-order valence-electron chi connectivity index (χ3n) is 3.29. The maximum absolute atomic E-state index is 5.58. The van der Waals surface area contributed by atoms with Gasteiger partial charge >= 0.3 is 0 Å². The summed E-state index contributed by atoms with van der Waals surface area (Å²) in [7, 11) is 0. The average molecular weight is 285 g/mol. The van der Waals surface area contributed by atoms with Crippen LogP contribution in [0.4, 0.5) is 5.69 Å². The van der Waals surface area contributed by atoms with Crippen LogP contribution in [-0.2, 0) is 0 Å². The maximum atomic E-state index is 5.58. The standard InChI is InChI=1S/C16H19N3S/c1-12(13-5-3-2-4-6-13)7-9-18-14-8-10-19-15(11-14)16(17)20/h2-6,8,10-12H,7,9H2,1H3,(H2,17,20)(H,18,19). The van der Waals surface area contributed by atoms with E-state index in [9.17, 15) is 0 Å². The van der Waals surface area contributed by atoms with E-state index in [4.69, 9.17) is 18.0 Å². The number of nitrogens with zero attached hydrogens (tertiary/aromatic N) is 1. The van der Waals surface area contributed by atoms with Gasteiger partial charge in [0.2, 0.25) is 0 Å². The number of hydrogen-bond donors (Lipinski definition) is 2. The third kappa shape index (κ3) is 4.03. The van der Waals surface area contributed by atoms with E-state index in [1.165, 1.54) is 5.56 Å². The minimum absolute atomic E-state index is 0.325. The molecular formula is C16H19N3S. The molecule has 3 nitrogen and oxygen atoms in total. The lowest BCUT2D eigenvalue weighted by Crippen LogP contribution is -2.12. The zero-order chi connectivity index (χ0) is 14.4. The van der Waals surface area contributed by atoms with Crippen LogP contribution in [0.15, 0.2) is 48.7 Å². The van der Waals surface area contributed by atoms with Gasteiger partial charge in [-0.2, -0.15) is 0 Å². The smallest absolute Gasteiger partial charge is 0.122 e. The molecule has 20 heavy (non-hydrogen) atoms. The molecule has 3 N–H and O–H groups in total. The molecule has 0 aliphatic rings. The average Bonchev–Trinajstić information content (AvgIpc) is 2.48. The van der Waals surface area contributed by atoms with E-state index in [-0.39, 0.29) is 0 Å². The summed E-state index contributed by atoms with van der Waals surface area (Å²) < 4.78 is 0. The van der Waals surface area contributed by atoms with E-state index in [1.54, 1.807) is 6.20 Å². The summed E-state index contributed by atoms with van der Waals surface area (Å²) in [6, 6.07) is 14.4. The summed E-state index contributed by atoms with van der Waals surface area (Å²) in [4.78, 5) is 4.45. The first kappa shape index (κ1) is 14.5. The van der Waals surface area contributed by atoms with Gasteiger partial charge in [-0.05, 0) is 30.0 Å². The van der Waals surface area contributed by atoms with Crippen molar-refractivity contribution in [1.29, 1.82) is 0 Å². The molecule has 0 spiro atoms. The number of pyridine rings is 1. The lowest BCUT2D eigenvalue weighted by molar-refractivity contribution is 0.706. The zero-order valence-electron chi connectivity index (χ0n) is 11.5. The highest BCUT2D eigenvalue weighted by Crippen LogP contribution is 2.18. The minimum Gasteiger partial charge on any atom is -0.388 e. The zero-order valence-corrected chi connectivity index (χ0v) is 12.4. The number of hydrogen-bond acceptors (Lipinski definition) is 3. The van der Waals surface area contributed by atoms with Crippen LogP contribution in [-0.4, -0.2) is 16.5 Å². The Morgan fingerprint density at radius 3 is 2.75 bits per heavy atom. The molecule has 1 unspecified atom stereocenters. The third-order valence-corrected chi connectivity index (χ3v) is 3.50. The molecule has 2 rings (SSSR count). The van der Waals surface area contributed by atoms with Crippen LogP contribution in [0, 0.1) is 0 Å². The molecule has 0 bridgehead atoms. The molecule has 1 aromatic carbocycles. The SMILES string of the molecule is CC(CCNc1ccnc(C(N)=S)c1)c1ccccc1. The second kappa shape index (κ2) is 7.01. The van der Waals surface area contributed by atoms with Gasteiger partial charge < -0.3 is 11.1 Å². The normalized spacial score (nSPS) is 11.8. The molecule has 0 saturated carbocycles. The second-order valence-corrected chi connectivity index (χ2v) is 5.26. The molecule has 104 valence electrons. The molecule has 0 saturated heterocycles. The monoisotopic (exact) mass is 285 g/mol. The number of anilines is 1. The van der Waals surface area contributed by atoms with Crippen molar-refractivity contribution in [2.75, 3.05) is 11.9 Å². The minimum atomic E-state index is 0.325. The van der Waals surface area contributed by atoms with E-state index in [1.807, 2.05) is 18.2 Å². The number of nitrogens with two attached hydrogens (primary N) is 1. The Balaban J connectivity index is 1.87. The number of benzene rings is 1. The van der Waals surface area contributed by atoms with Crippen molar-refractivity contribution in [3.05, 3.63) is 59.9 Å². The molecule has 0 aliphatic carbocycles. The summed E-state index contributed by atoms with van der Waals surface area (Å²) in [5.74, 6) is 0.528. The van der Waals surface area contributed by atoms with Crippen molar-refractivity contribution >= 4 is 22.9 Å². The van der Waals surface area contributed by atoms with Gasteiger partial charge in [-0.3, -0.25) is 4.98 Å². The van der Waals surface area contributed by atoms with Crippen molar-refractivity contribution < 1.29 is 0 Å². The number of rotatable bonds is 6. The highest BCUT2D eigenvalue weighted by atomic mass is 32.1. The fourth-order valence-corrected chi connectivity index (χ4v) is 2.17. The van der Waals surface area contributed by atoms with Gasteiger partial charge in [-0.15, -0.1) is 0 Å². The van der Waals surface area contributed by atoms with Crippen LogP contribution in [0.1, 0.15) is 30.5 Å². The van der Waals surface area contributed by atoms with Crippen LogP contribution in [0.25, 0.3) is 0 Å². The molecule has 0 fully saturated rings. The van der Waals surface area contributed by atoms with Crippen LogP contribution < -0.4 is 11.1 Å². The Labute approximate surface area is 125 Å². The van der Waals surface area contributed by atoms with E-state index in [0.717, 1.165) is 18.7 Å². The topological polar surface area (TPSA) is 50.9 Å². The molecule has 2 aromatic rings. The van der Waals surface area contributed by atoms with Crippen molar-refractivity contribution in [2.45, 2.75) is 19.3 Å². The van der Waals surface area contributed by atoms with Gasteiger partial charge in [-0.1, -0.05) is 49.5 Å². The van der Waals surface area contributed by atoms with Crippen LogP contribution in [0.5, 0.6) is 0 Å². The Morgan fingerprint density at radius 1 is 1.30 bits per heavy atom. The second-order valence-electron chi connectivity index (χ2n) is 4.82. The van der Waals surface area contributed by atoms with Crippen LogP contribution in [0.2, 0.25) is 0 Å². The molecule has 0 aliphatic heterocycles. The lowest BCUT2D eigenvalue weighted by Gasteiger charge is -2.13. The van der Waals surface area contributed by atoms with Crippen molar-refractivity contribution in [3.63, 3.8) is 0 Å². The Kier molecular flexibility index (Phi) is 5.07. The molecule has 1 aromatic heterocycles. The van der Waals surface area contributed by atoms with Gasteiger partial charge in [-0.25, -0.2) is 0 Å². The van der Waals surface area contributed by atoms with E-state index in [2.05, 4.69) is 41.5 Å². The van der Waals surface area contributed by atoms with Gasteiger partial charge in [0.1, 0.15) is 4.99 Å². The highest BCUT2D eigenvalue weighted by Gasteiger charge is 2.05. The Morgan fingerprint density at radius 2 is 2.05 bits per heavy atom. The summed E-state index contributed by atoms with van der Waals surface area (Å²) in [5.41, 5.74) is 8.60. The molecule has 4 heteroatoms. The highest BCUT2D eigenvalue weighted by molar-refractivity contribution is 7.80. The molecule has 0 amide bonds. The van der Waals surface area contributed by atoms with Crippen LogP contribution in [0.3, 0.4) is 0 Å². The van der Waals surface area contributed by atoms with E-state index >= 15 is 0 Å². The van der Waals surface area contributed by atoms with Gasteiger partial charge in [0.25, 0.3) is 0 Å². The first-order valence-corrected chi connectivity index (χ1v) is 7.12. The summed E-state index contributed by atoms with van der Waals surface area (Å²) in [6.45, 7) is 3.14. The predicted octanol–water partition coefficient (Wildman–Crippen LogP) is 3.32. The van der Waals surface area contributed by atoms with Gasteiger partial charge in [0.15, 0.2) is 0 Å². The lowest BCUT2D eigenvalue weighted by atomic mass is 9.98. The fraction of sp³-hybridized carbons (Fsp3) is 0.250. The summed E-state index contributed by atoms with van der Waals surface area (Å²) in [6.07, 6.45) is 2.78. The van der Waals surface area contributed by atoms with Crippen molar-refractivity contribution in [3.8, 4) is 0 Å². The van der Waals surface area contributed by atoms with E-state index in [0.29, 0.717) is 16.6 Å². The van der Waals surface area contributed by atoms with Crippen LogP contribution >= 0.6 is 12.2 Å². The van der Waals surface area contributed by atoms with E-state index < -0.39 is 0 Å². The number of thiocarbonyl (C=S) groups is 1. The Bertz CT molecular complexity index is 569. The fourth-order valence-electron chi connectivity index (χ4n) is 2.06. The summed E-state index contributed by atoms with van der Waals surface area (Å²) >= 11 is 4.93. The number of nitrogens with one attached hydrogen (secondary N) is 1. The van der Waals surface area contributed by atoms with Crippen molar-refractivity contribution in [1.82, 2.24) is 4.98 Å². The first-order valence-electron chi connectivity index (χ1n) is 6.71. The largest absolute Gasteiger partial charge is 0.388 e. The maximum Gasteiger partial charge on any atom is 0.122 e. The quantitative estimate of drug-likeness (QED) is 0.799. The predicted molar refractivity (Wildman–Crippen MR) is 88.1 cm³/mol. The Hall–Kier alpha value is -1.94. The first-order chi connectivity index (χ1) is 9.66. The van der Waals surface area contributed by atoms with Gasteiger partial charge in [0.05, 0.1) is 5.69 Å². The molecule has 1 atom stereocenters. The number of aromatic nitrogens is 1. The molecule has 0 radical (unpaired) electrons. The molecular weight excluding hydrogens is 266 g/mol. The van der Waals surface area contributed by atoms with Gasteiger partial charge in [0, 0.05) is 18.4 Å². The summed E-state index contributed by atoms with van der Waals surface area (Å²) in [5, 5.41) is 3.39. The molecule has 1 heterocycles. The van der Waals surface area contributed by atoms with Crippen molar-refractivity contribution in [2.24, 2.45) is 5.73 Å².